The Kier molecular flexibility index (Phi) is 14.5. The second-order valence-corrected chi connectivity index (χ2v) is 11.8. The summed E-state index contributed by atoms with van der Waals surface area (Å²) in [6, 6.07) is 7.68. The first-order valence-electron chi connectivity index (χ1n) is 13.6. The van der Waals surface area contributed by atoms with E-state index in [1.54, 1.807) is 13.3 Å². The topological polar surface area (TPSA) is 71.9 Å². The van der Waals surface area contributed by atoms with Gasteiger partial charge in [0.2, 0.25) is 0 Å². The number of esters is 1. The minimum absolute atomic E-state index is 0. The summed E-state index contributed by atoms with van der Waals surface area (Å²) in [7, 11) is 3.13. The molecular formula is C29H44Cl2N2O4S. The molecule has 2 aromatic rings. The van der Waals surface area contributed by atoms with Gasteiger partial charge in [0.15, 0.2) is 0 Å². The number of hydrogen-bond acceptors (Lipinski definition) is 7. The van der Waals surface area contributed by atoms with E-state index in [0.29, 0.717) is 18.8 Å². The first-order chi connectivity index (χ1) is 17.6. The summed E-state index contributed by atoms with van der Waals surface area (Å²) in [5.74, 6) is 2.49. The molecule has 1 aliphatic heterocycles. The standard InChI is InChI=1S/C29H42N2O4S.2ClH/c1-34-23-9-10-27-26(19-23)25(12-14-30-27)28(32)11-8-21-13-15-31(20-22(21)18-29(33)35-2)16-17-36-24-6-4-3-5-7-24;;/h9-10,12,14,19,21-22,24,28,32H,3-8,11,13,15-18,20H2,1-2H3;2*1H/t21-,22+,28?;;/m1../s1. The van der Waals surface area contributed by atoms with Crippen LogP contribution in [-0.2, 0) is 9.53 Å². The molecule has 2 heterocycles. The summed E-state index contributed by atoms with van der Waals surface area (Å²) in [5.41, 5.74) is 1.75. The number of rotatable bonds is 11. The average molecular weight is 588 g/mol. The Morgan fingerprint density at radius 3 is 2.66 bits per heavy atom. The van der Waals surface area contributed by atoms with Crippen LogP contribution in [-0.4, -0.2) is 65.8 Å². The van der Waals surface area contributed by atoms with E-state index in [4.69, 9.17) is 9.47 Å². The number of hydrogen-bond donors (Lipinski definition) is 1. The number of aliphatic hydroxyl groups excluding tert-OH is 1. The molecule has 2 aliphatic rings. The summed E-state index contributed by atoms with van der Waals surface area (Å²) in [4.78, 5) is 19.2. The molecule has 2 fully saturated rings. The molecule has 9 heteroatoms. The molecule has 214 valence electrons. The van der Waals surface area contributed by atoms with Gasteiger partial charge >= 0.3 is 5.97 Å². The van der Waals surface area contributed by atoms with Crippen LogP contribution >= 0.6 is 36.6 Å². The van der Waals surface area contributed by atoms with Crippen molar-refractivity contribution < 1.29 is 19.4 Å². The Labute approximate surface area is 244 Å². The van der Waals surface area contributed by atoms with E-state index >= 15 is 0 Å². The molecule has 3 atom stereocenters. The van der Waals surface area contributed by atoms with Crippen LogP contribution in [0.15, 0.2) is 30.5 Å². The smallest absolute Gasteiger partial charge is 0.305 e. The number of piperidine rings is 1. The van der Waals surface area contributed by atoms with Crippen molar-refractivity contribution in [2.45, 2.75) is 69.1 Å². The summed E-state index contributed by atoms with van der Waals surface area (Å²) >= 11 is 2.15. The molecule has 1 aliphatic carbocycles. The lowest BCUT2D eigenvalue weighted by atomic mass is 9.79. The van der Waals surface area contributed by atoms with E-state index in [0.717, 1.165) is 59.9 Å². The van der Waals surface area contributed by atoms with Gasteiger partial charge in [-0.1, -0.05) is 19.3 Å². The number of likely N-dealkylation sites (tertiary alicyclic amines) is 1. The predicted octanol–water partition coefficient (Wildman–Crippen LogP) is 6.47. The summed E-state index contributed by atoms with van der Waals surface area (Å²) in [5, 5.41) is 12.9. The zero-order valence-electron chi connectivity index (χ0n) is 22.7. The van der Waals surface area contributed by atoms with Crippen LogP contribution < -0.4 is 4.74 Å². The van der Waals surface area contributed by atoms with Crippen molar-refractivity contribution >= 4 is 53.4 Å². The normalized spacial score (nSPS) is 21.2. The van der Waals surface area contributed by atoms with Crippen LogP contribution in [0.3, 0.4) is 0 Å². The van der Waals surface area contributed by atoms with Crippen LogP contribution in [0.25, 0.3) is 10.9 Å². The Hall–Kier alpha value is -1.25. The highest BCUT2D eigenvalue weighted by Crippen LogP contribution is 2.35. The van der Waals surface area contributed by atoms with Crippen LogP contribution in [0, 0.1) is 11.8 Å². The number of aromatic nitrogens is 1. The van der Waals surface area contributed by atoms with E-state index in [-0.39, 0.29) is 36.7 Å². The molecule has 1 aromatic heterocycles. The molecular weight excluding hydrogens is 543 g/mol. The molecule has 38 heavy (non-hydrogen) atoms. The molecule has 0 spiro atoms. The second kappa shape index (κ2) is 16.8. The fraction of sp³-hybridized carbons (Fsp3) is 0.655. The SMILES string of the molecule is COC(=O)C[C@H]1CN(CCSC2CCCCC2)CC[C@H]1CCC(O)c1ccnc2ccc(OC)cc12.Cl.Cl. The van der Waals surface area contributed by atoms with Crippen LogP contribution in [0.2, 0.25) is 0 Å². The zero-order chi connectivity index (χ0) is 25.3. The van der Waals surface area contributed by atoms with Crippen molar-refractivity contribution in [3.05, 3.63) is 36.0 Å². The molecule has 0 radical (unpaired) electrons. The Morgan fingerprint density at radius 1 is 1.13 bits per heavy atom. The van der Waals surface area contributed by atoms with E-state index in [1.807, 2.05) is 24.3 Å². The maximum Gasteiger partial charge on any atom is 0.305 e. The minimum Gasteiger partial charge on any atom is -0.497 e. The number of fused-ring (bicyclic) bond motifs is 1. The van der Waals surface area contributed by atoms with Crippen LogP contribution in [0.4, 0.5) is 0 Å². The highest BCUT2D eigenvalue weighted by atomic mass is 35.5. The van der Waals surface area contributed by atoms with Gasteiger partial charge in [0.1, 0.15) is 5.75 Å². The largest absolute Gasteiger partial charge is 0.497 e. The van der Waals surface area contributed by atoms with Gasteiger partial charge in [-0.3, -0.25) is 9.78 Å². The summed E-state index contributed by atoms with van der Waals surface area (Å²) in [6.07, 6.45) is 11.2. The molecule has 0 bridgehead atoms. The Balaban J connectivity index is 0.00000253. The fourth-order valence-electron chi connectivity index (χ4n) is 5.94. The first-order valence-corrected chi connectivity index (χ1v) is 14.6. The summed E-state index contributed by atoms with van der Waals surface area (Å²) < 4.78 is 10.4. The number of pyridine rings is 1. The monoisotopic (exact) mass is 586 g/mol. The van der Waals surface area contributed by atoms with Gasteiger partial charge in [0.25, 0.3) is 0 Å². The number of ether oxygens (including phenoxy) is 2. The van der Waals surface area contributed by atoms with Gasteiger partial charge in [0.05, 0.1) is 25.8 Å². The molecule has 0 amide bonds. The summed E-state index contributed by atoms with van der Waals surface area (Å²) in [6.45, 7) is 3.11. The fourth-order valence-corrected chi connectivity index (χ4v) is 7.30. The lowest BCUT2D eigenvalue weighted by Crippen LogP contribution is -2.42. The third-order valence-corrected chi connectivity index (χ3v) is 9.46. The first kappa shape index (κ1) is 33.0. The number of carbonyl (C=O) groups excluding carboxylic acids is 1. The minimum atomic E-state index is -0.577. The number of thioether (sulfide) groups is 1. The van der Waals surface area contributed by atoms with Crippen LogP contribution in [0.1, 0.15) is 69.5 Å². The quantitative estimate of drug-likeness (QED) is 0.302. The van der Waals surface area contributed by atoms with Crippen molar-refractivity contribution in [2.75, 3.05) is 39.6 Å². The maximum absolute atomic E-state index is 12.2. The molecule has 4 rings (SSSR count). The van der Waals surface area contributed by atoms with Gasteiger partial charge in [0, 0.05) is 42.1 Å². The molecule has 1 unspecified atom stereocenters. The van der Waals surface area contributed by atoms with Gasteiger partial charge in [-0.2, -0.15) is 11.8 Å². The average Bonchev–Trinajstić information content (AvgIpc) is 2.92. The highest BCUT2D eigenvalue weighted by molar-refractivity contribution is 7.99. The molecule has 1 aromatic carbocycles. The number of methoxy groups -OCH3 is 2. The van der Waals surface area contributed by atoms with E-state index in [9.17, 15) is 9.90 Å². The van der Waals surface area contributed by atoms with E-state index in [2.05, 4.69) is 21.6 Å². The van der Waals surface area contributed by atoms with E-state index < -0.39 is 6.10 Å². The molecule has 1 saturated heterocycles. The molecule has 1 N–H and O–H groups in total. The lowest BCUT2D eigenvalue weighted by Gasteiger charge is -2.39. The number of nitrogens with zero attached hydrogens (tertiary/aromatic N) is 2. The van der Waals surface area contributed by atoms with Crippen molar-refractivity contribution in [2.24, 2.45) is 11.8 Å². The third-order valence-electron chi connectivity index (χ3n) is 8.10. The molecule has 1 saturated carbocycles. The van der Waals surface area contributed by atoms with Gasteiger partial charge in [-0.05, 0) is 80.3 Å². The third kappa shape index (κ3) is 9.16. The number of aliphatic hydroxyl groups is 1. The predicted molar refractivity (Wildman–Crippen MR) is 161 cm³/mol. The number of carbonyl (C=O) groups is 1. The van der Waals surface area contributed by atoms with Crippen molar-refractivity contribution in [1.82, 2.24) is 9.88 Å². The van der Waals surface area contributed by atoms with Crippen LogP contribution in [0.5, 0.6) is 5.75 Å². The second-order valence-electron chi connectivity index (χ2n) is 10.4. The Bertz CT molecular complexity index is 992. The van der Waals surface area contributed by atoms with Crippen molar-refractivity contribution in [1.29, 1.82) is 0 Å². The van der Waals surface area contributed by atoms with Crippen molar-refractivity contribution in [3.63, 3.8) is 0 Å². The van der Waals surface area contributed by atoms with Gasteiger partial charge in [-0.25, -0.2) is 0 Å². The highest BCUT2D eigenvalue weighted by Gasteiger charge is 2.31. The van der Waals surface area contributed by atoms with Gasteiger partial charge < -0.3 is 19.5 Å². The Morgan fingerprint density at radius 2 is 1.92 bits per heavy atom. The molecule has 6 nitrogen and oxygen atoms in total. The zero-order valence-corrected chi connectivity index (χ0v) is 25.1. The van der Waals surface area contributed by atoms with Gasteiger partial charge in [-0.15, -0.1) is 24.8 Å². The maximum atomic E-state index is 12.2. The number of benzene rings is 1. The van der Waals surface area contributed by atoms with Crippen molar-refractivity contribution in [3.8, 4) is 5.75 Å². The lowest BCUT2D eigenvalue weighted by molar-refractivity contribution is -0.142. The number of halogens is 2. The van der Waals surface area contributed by atoms with E-state index in [1.165, 1.54) is 45.0 Å².